The summed E-state index contributed by atoms with van der Waals surface area (Å²) in [6, 6.07) is 3.60. The number of alkyl halides is 2. The predicted molar refractivity (Wildman–Crippen MR) is 66.9 cm³/mol. The third-order valence-corrected chi connectivity index (χ3v) is 3.17. The quantitative estimate of drug-likeness (QED) is 0.889. The first kappa shape index (κ1) is 13.1. The normalized spacial score (nSPS) is 17.3. The first-order chi connectivity index (χ1) is 8.58. The Labute approximate surface area is 105 Å². The van der Waals surface area contributed by atoms with Gasteiger partial charge in [0.25, 0.3) is 6.43 Å². The van der Waals surface area contributed by atoms with E-state index in [0.29, 0.717) is 11.4 Å². The van der Waals surface area contributed by atoms with Gasteiger partial charge < -0.3 is 10.2 Å². The Morgan fingerprint density at radius 1 is 1.22 bits per heavy atom. The van der Waals surface area contributed by atoms with Crippen LogP contribution >= 0.6 is 0 Å². The third kappa shape index (κ3) is 2.89. The largest absolute Gasteiger partial charge is 0.377 e. The highest BCUT2D eigenvalue weighted by Gasteiger charge is 2.18. The molecule has 100 valence electrons. The molecule has 1 fully saturated rings. The molecule has 2 nitrogen and oxygen atoms in total. The van der Waals surface area contributed by atoms with Crippen molar-refractivity contribution in [3.63, 3.8) is 0 Å². The second kappa shape index (κ2) is 5.50. The summed E-state index contributed by atoms with van der Waals surface area (Å²) >= 11 is 0. The molecule has 0 bridgehead atoms. The van der Waals surface area contributed by atoms with Gasteiger partial charge in [-0.1, -0.05) is 0 Å². The third-order valence-electron chi connectivity index (χ3n) is 3.17. The standard InChI is InChI=1S/C13H17F3N2/c1-9(13(15)16)17-10-4-5-12(11(14)8-10)18-6-2-3-7-18/h4-5,8-9,13,17H,2-3,6-7H2,1H3. The molecule has 18 heavy (non-hydrogen) atoms. The van der Waals surface area contributed by atoms with Gasteiger partial charge in [0.2, 0.25) is 0 Å². The number of anilines is 2. The van der Waals surface area contributed by atoms with E-state index >= 15 is 0 Å². The zero-order valence-electron chi connectivity index (χ0n) is 10.3. The summed E-state index contributed by atoms with van der Waals surface area (Å²) in [7, 11) is 0. The molecule has 1 aromatic rings. The highest BCUT2D eigenvalue weighted by molar-refractivity contribution is 5.57. The summed E-state index contributed by atoms with van der Waals surface area (Å²) < 4.78 is 38.6. The molecule has 1 aromatic carbocycles. The summed E-state index contributed by atoms with van der Waals surface area (Å²) in [5, 5.41) is 2.59. The van der Waals surface area contributed by atoms with Gasteiger partial charge >= 0.3 is 0 Å². The second-order valence-corrected chi connectivity index (χ2v) is 4.63. The number of halogens is 3. The molecule has 1 atom stereocenters. The highest BCUT2D eigenvalue weighted by atomic mass is 19.3. The molecule has 1 aliphatic rings. The monoisotopic (exact) mass is 258 g/mol. The van der Waals surface area contributed by atoms with Crippen molar-refractivity contribution in [2.45, 2.75) is 32.2 Å². The molecule has 1 aliphatic heterocycles. The van der Waals surface area contributed by atoms with Crippen molar-refractivity contribution in [2.24, 2.45) is 0 Å². The van der Waals surface area contributed by atoms with E-state index in [1.807, 2.05) is 4.90 Å². The maximum Gasteiger partial charge on any atom is 0.258 e. The summed E-state index contributed by atoms with van der Waals surface area (Å²) in [6.07, 6.45) is -0.324. The van der Waals surface area contributed by atoms with Gasteiger partial charge in [-0.3, -0.25) is 0 Å². The van der Waals surface area contributed by atoms with E-state index in [9.17, 15) is 13.2 Å². The van der Waals surface area contributed by atoms with Crippen molar-refractivity contribution in [3.8, 4) is 0 Å². The number of benzene rings is 1. The van der Waals surface area contributed by atoms with Crippen molar-refractivity contribution >= 4 is 11.4 Å². The van der Waals surface area contributed by atoms with E-state index in [-0.39, 0.29) is 5.82 Å². The van der Waals surface area contributed by atoms with Crippen LogP contribution in [0.2, 0.25) is 0 Å². The maximum absolute atomic E-state index is 13.9. The molecule has 0 radical (unpaired) electrons. The van der Waals surface area contributed by atoms with Gasteiger partial charge in [0.05, 0.1) is 11.7 Å². The predicted octanol–water partition coefficient (Wildman–Crippen LogP) is 3.49. The van der Waals surface area contributed by atoms with Crippen LogP contribution in [0.4, 0.5) is 24.5 Å². The van der Waals surface area contributed by atoms with Crippen LogP contribution in [-0.2, 0) is 0 Å². The Morgan fingerprint density at radius 3 is 2.44 bits per heavy atom. The Kier molecular flexibility index (Phi) is 3.99. The van der Waals surface area contributed by atoms with Crippen molar-refractivity contribution < 1.29 is 13.2 Å². The first-order valence-corrected chi connectivity index (χ1v) is 6.17. The van der Waals surface area contributed by atoms with E-state index in [4.69, 9.17) is 0 Å². The second-order valence-electron chi connectivity index (χ2n) is 4.63. The molecule has 0 amide bonds. The van der Waals surface area contributed by atoms with E-state index in [2.05, 4.69) is 5.32 Å². The van der Waals surface area contributed by atoms with Crippen LogP contribution in [0.3, 0.4) is 0 Å². The minimum atomic E-state index is -2.47. The van der Waals surface area contributed by atoms with Crippen LogP contribution in [0.5, 0.6) is 0 Å². The molecular weight excluding hydrogens is 241 g/mol. The molecule has 5 heteroatoms. The lowest BCUT2D eigenvalue weighted by Crippen LogP contribution is -2.24. The lowest BCUT2D eigenvalue weighted by Gasteiger charge is -2.20. The van der Waals surface area contributed by atoms with Crippen LogP contribution in [0.25, 0.3) is 0 Å². The van der Waals surface area contributed by atoms with Gasteiger partial charge in [0.15, 0.2) is 0 Å². The molecule has 1 saturated heterocycles. The molecule has 2 rings (SSSR count). The fourth-order valence-electron chi connectivity index (χ4n) is 2.14. The molecule has 0 saturated carbocycles. The maximum atomic E-state index is 13.9. The summed E-state index contributed by atoms with van der Waals surface area (Å²) in [5.74, 6) is -0.358. The average Bonchev–Trinajstić information content (AvgIpc) is 2.82. The van der Waals surface area contributed by atoms with E-state index in [1.54, 1.807) is 12.1 Å². The average molecular weight is 258 g/mol. The summed E-state index contributed by atoms with van der Waals surface area (Å²) in [6.45, 7) is 3.09. The minimum Gasteiger partial charge on any atom is -0.377 e. The summed E-state index contributed by atoms with van der Waals surface area (Å²) in [4.78, 5) is 1.98. The van der Waals surface area contributed by atoms with Crippen molar-refractivity contribution in [1.29, 1.82) is 0 Å². The lowest BCUT2D eigenvalue weighted by molar-refractivity contribution is 0.130. The lowest BCUT2D eigenvalue weighted by atomic mass is 10.2. The molecule has 1 unspecified atom stereocenters. The highest BCUT2D eigenvalue weighted by Crippen LogP contribution is 2.26. The number of hydrogen-bond donors (Lipinski definition) is 1. The van der Waals surface area contributed by atoms with Crippen LogP contribution in [0.15, 0.2) is 18.2 Å². The SMILES string of the molecule is CC(Nc1ccc(N2CCCC2)c(F)c1)C(F)F. The van der Waals surface area contributed by atoms with Crippen LogP contribution in [-0.4, -0.2) is 25.6 Å². The molecule has 0 spiro atoms. The van der Waals surface area contributed by atoms with E-state index in [1.165, 1.54) is 13.0 Å². The summed E-state index contributed by atoms with van der Waals surface area (Å²) in [5.41, 5.74) is 0.950. The number of nitrogens with one attached hydrogen (secondary N) is 1. The van der Waals surface area contributed by atoms with Crippen molar-refractivity contribution in [3.05, 3.63) is 24.0 Å². The van der Waals surface area contributed by atoms with Gasteiger partial charge in [-0.25, -0.2) is 13.2 Å². The smallest absolute Gasteiger partial charge is 0.258 e. The Morgan fingerprint density at radius 2 is 1.89 bits per heavy atom. The fourth-order valence-corrected chi connectivity index (χ4v) is 2.14. The first-order valence-electron chi connectivity index (χ1n) is 6.17. The molecular formula is C13H17F3N2. The Hall–Kier alpha value is -1.39. The van der Waals surface area contributed by atoms with Crippen LogP contribution in [0, 0.1) is 5.82 Å². The zero-order chi connectivity index (χ0) is 13.1. The van der Waals surface area contributed by atoms with Gasteiger partial charge in [0, 0.05) is 18.8 Å². The Bertz CT molecular complexity index is 403. The van der Waals surface area contributed by atoms with Crippen molar-refractivity contribution in [1.82, 2.24) is 0 Å². The van der Waals surface area contributed by atoms with Gasteiger partial charge in [-0.2, -0.15) is 0 Å². The zero-order valence-corrected chi connectivity index (χ0v) is 10.3. The Balaban J connectivity index is 2.09. The van der Waals surface area contributed by atoms with Gasteiger partial charge in [0.1, 0.15) is 5.82 Å². The molecule has 0 aliphatic carbocycles. The topological polar surface area (TPSA) is 15.3 Å². The number of nitrogens with zero attached hydrogens (tertiary/aromatic N) is 1. The minimum absolute atomic E-state index is 0.358. The van der Waals surface area contributed by atoms with Gasteiger partial charge in [-0.05, 0) is 38.0 Å². The van der Waals surface area contributed by atoms with Crippen LogP contribution in [0.1, 0.15) is 19.8 Å². The molecule has 0 aromatic heterocycles. The van der Waals surface area contributed by atoms with Crippen LogP contribution < -0.4 is 10.2 Å². The van der Waals surface area contributed by atoms with E-state index < -0.39 is 12.5 Å². The molecule has 1 heterocycles. The number of hydrogen-bond acceptors (Lipinski definition) is 2. The number of rotatable bonds is 4. The fraction of sp³-hybridized carbons (Fsp3) is 0.538. The van der Waals surface area contributed by atoms with Gasteiger partial charge in [-0.15, -0.1) is 0 Å². The van der Waals surface area contributed by atoms with Crippen molar-refractivity contribution in [2.75, 3.05) is 23.3 Å². The van der Waals surface area contributed by atoms with E-state index in [0.717, 1.165) is 25.9 Å². The molecule has 1 N–H and O–H groups in total.